The molecule has 0 aliphatic rings. The molecule has 6 nitrogen and oxygen atoms in total. The highest BCUT2D eigenvalue weighted by Crippen LogP contribution is 2.15. The van der Waals surface area contributed by atoms with Crippen LogP contribution in [0.1, 0.15) is 36.2 Å². The smallest absolute Gasteiger partial charge is 0.251 e. The van der Waals surface area contributed by atoms with E-state index in [1.807, 2.05) is 51.0 Å². The summed E-state index contributed by atoms with van der Waals surface area (Å²) in [4.78, 5) is 31.5. The Hall–Kier alpha value is -2.89. The van der Waals surface area contributed by atoms with Gasteiger partial charge in [0.15, 0.2) is 0 Å². The second-order valence-corrected chi connectivity index (χ2v) is 6.80. The number of hydrogen-bond acceptors (Lipinski definition) is 4. The van der Waals surface area contributed by atoms with Gasteiger partial charge in [-0.1, -0.05) is 44.5 Å². The third-order valence-corrected chi connectivity index (χ3v) is 4.56. The van der Waals surface area contributed by atoms with E-state index in [9.17, 15) is 9.59 Å². The molecule has 0 saturated heterocycles. The number of benzene rings is 1. The summed E-state index contributed by atoms with van der Waals surface area (Å²) in [6, 6.07) is 12.1. The Bertz CT molecular complexity index is 762. The molecule has 2 N–H and O–H groups in total. The van der Waals surface area contributed by atoms with Gasteiger partial charge in [0.05, 0.1) is 0 Å². The fraction of sp³-hybridized carbons (Fsp3) is 0.381. The van der Waals surface area contributed by atoms with Gasteiger partial charge in [-0.15, -0.1) is 0 Å². The van der Waals surface area contributed by atoms with Crippen molar-refractivity contribution in [1.29, 1.82) is 0 Å². The van der Waals surface area contributed by atoms with E-state index < -0.39 is 6.04 Å². The second-order valence-electron chi connectivity index (χ2n) is 6.80. The maximum atomic E-state index is 12.8. The molecule has 6 heteroatoms. The van der Waals surface area contributed by atoms with Gasteiger partial charge in [-0.25, -0.2) is 4.98 Å². The van der Waals surface area contributed by atoms with E-state index in [1.54, 1.807) is 30.5 Å². The number of carbonyl (C=O) groups is 2. The van der Waals surface area contributed by atoms with E-state index in [2.05, 4.69) is 15.6 Å². The Balaban J connectivity index is 2.08. The van der Waals surface area contributed by atoms with E-state index in [0.29, 0.717) is 12.1 Å². The normalized spacial score (nSPS) is 12.7. The molecule has 0 aliphatic heterocycles. The number of nitrogens with zero attached hydrogens (tertiary/aromatic N) is 2. The van der Waals surface area contributed by atoms with Crippen molar-refractivity contribution < 1.29 is 9.59 Å². The van der Waals surface area contributed by atoms with Crippen molar-refractivity contribution in [3.05, 3.63) is 59.8 Å². The Morgan fingerprint density at radius 1 is 1.11 bits per heavy atom. The van der Waals surface area contributed by atoms with Crippen LogP contribution >= 0.6 is 0 Å². The van der Waals surface area contributed by atoms with Crippen molar-refractivity contribution in [1.82, 2.24) is 15.6 Å². The minimum Gasteiger partial charge on any atom is -0.362 e. The topological polar surface area (TPSA) is 74.3 Å². The molecule has 1 heterocycles. The molecule has 0 radical (unpaired) electrons. The van der Waals surface area contributed by atoms with Crippen LogP contribution in [0, 0.1) is 5.92 Å². The summed E-state index contributed by atoms with van der Waals surface area (Å²) in [7, 11) is 3.82. The molecule has 0 spiro atoms. The zero-order valence-electron chi connectivity index (χ0n) is 16.4. The summed E-state index contributed by atoms with van der Waals surface area (Å²) >= 11 is 0. The SMILES string of the molecule is CCC(C)C(NC(=O)c1ccccc1)C(=O)NCc1cccnc1N(C)C. The second kappa shape index (κ2) is 9.71. The van der Waals surface area contributed by atoms with Crippen molar-refractivity contribution in [2.24, 2.45) is 5.92 Å². The average molecular weight is 368 g/mol. The molecule has 2 amide bonds. The monoisotopic (exact) mass is 368 g/mol. The summed E-state index contributed by atoms with van der Waals surface area (Å²) in [5.41, 5.74) is 1.47. The van der Waals surface area contributed by atoms with Gasteiger partial charge in [-0.05, 0) is 24.1 Å². The minimum absolute atomic E-state index is 0.0138. The first-order valence-electron chi connectivity index (χ1n) is 9.18. The van der Waals surface area contributed by atoms with Gasteiger partial charge >= 0.3 is 0 Å². The molecule has 1 aromatic carbocycles. The number of nitrogens with one attached hydrogen (secondary N) is 2. The van der Waals surface area contributed by atoms with Crippen LogP contribution in [0.2, 0.25) is 0 Å². The molecule has 2 atom stereocenters. The van der Waals surface area contributed by atoms with E-state index in [-0.39, 0.29) is 17.7 Å². The zero-order chi connectivity index (χ0) is 19.8. The van der Waals surface area contributed by atoms with Crippen LogP contribution in [-0.2, 0) is 11.3 Å². The van der Waals surface area contributed by atoms with E-state index >= 15 is 0 Å². The fourth-order valence-electron chi connectivity index (χ4n) is 2.78. The standard InChI is InChI=1S/C21H28N4O2/c1-5-15(2)18(24-20(26)16-10-7-6-8-11-16)21(27)23-14-17-12-9-13-22-19(17)25(3)4/h6-13,15,18H,5,14H2,1-4H3,(H,23,27)(H,24,26). The number of amides is 2. The third kappa shape index (κ3) is 5.54. The lowest BCUT2D eigenvalue weighted by Gasteiger charge is -2.24. The quantitative estimate of drug-likeness (QED) is 0.751. The van der Waals surface area contributed by atoms with E-state index in [4.69, 9.17) is 0 Å². The van der Waals surface area contributed by atoms with Crippen LogP contribution in [0.15, 0.2) is 48.7 Å². The van der Waals surface area contributed by atoms with Crippen molar-refractivity contribution in [3.63, 3.8) is 0 Å². The number of hydrogen-bond donors (Lipinski definition) is 2. The first-order chi connectivity index (χ1) is 12.9. The molecule has 1 aromatic heterocycles. The largest absolute Gasteiger partial charge is 0.362 e. The first kappa shape index (κ1) is 20.4. The predicted molar refractivity (Wildman–Crippen MR) is 108 cm³/mol. The molecule has 2 unspecified atom stereocenters. The molecular weight excluding hydrogens is 340 g/mol. The molecule has 2 aromatic rings. The van der Waals surface area contributed by atoms with Gasteiger partial charge < -0.3 is 15.5 Å². The van der Waals surface area contributed by atoms with Crippen LogP contribution < -0.4 is 15.5 Å². The molecule has 0 bridgehead atoms. The van der Waals surface area contributed by atoms with Gasteiger partial charge in [0.2, 0.25) is 5.91 Å². The van der Waals surface area contributed by atoms with Crippen LogP contribution in [0.25, 0.3) is 0 Å². The van der Waals surface area contributed by atoms with Crippen molar-refractivity contribution in [2.45, 2.75) is 32.9 Å². The van der Waals surface area contributed by atoms with Gasteiger partial charge in [-0.3, -0.25) is 9.59 Å². The van der Waals surface area contributed by atoms with Crippen molar-refractivity contribution in [2.75, 3.05) is 19.0 Å². The van der Waals surface area contributed by atoms with E-state index in [1.165, 1.54) is 0 Å². The number of pyridine rings is 1. The lowest BCUT2D eigenvalue weighted by molar-refractivity contribution is -0.124. The lowest BCUT2D eigenvalue weighted by atomic mass is 9.97. The number of carbonyl (C=O) groups excluding carboxylic acids is 2. The van der Waals surface area contributed by atoms with Crippen molar-refractivity contribution >= 4 is 17.6 Å². The summed E-state index contributed by atoms with van der Waals surface area (Å²) in [5.74, 6) is 0.389. The molecule has 0 aliphatic carbocycles. The molecular formula is C21H28N4O2. The Labute approximate surface area is 161 Å². The average Bonchev–Trinajstić information content (AvgIpc) is 2.70. The maximum absolute atomic E-state index is 12.8. The Morgan fingerprint density at radius 2 is 1.81 bits per heavy atom. The number of anilines is 1. The molecule has 27 heavy (non-hydrogen) atoms. The summed E-state index contributed by atoms with van der Waals surface area (Å²) in [5, 5.41) is 5.83. The summed E-state index contributed by atoms with van der Waals surface area (Å²) < 4.78 is 0. The van der Waals surface area contributed by atoms with Crippen LogP contribution in [-0.4, -0.2) is 36.9 Å². The first-order valence-corrected chi connectivity index (χ1v) is 9.18. The lowest BCUT2D eigenvalue weighted by Crippen LogP contribution is -2.50. The van der Waals surface area contributed by atoms with E-state index in [0.717, 1.165) is 17.8 Å². The molecule has 0 saturated carbocycles. The van der Waals surface area contributed by atoms with Gasteiger partial charge in [0.1, 0.15) is 11.9 Å². The highest BCUT2D eigenvalue weighted by molar-refractivity contribution is 5.97. The molecule has 0 fully saturated rings. The number of rotatable bonds is 8. The minimum atomic E-state index is -0.595. The van der Waals surface area contributed by atoms with Crippen LogP contribution in [0.3, 0.4) is 0 Å². The Morgan fingerprint density at radius 3 is 2.44 bits per heavy atom. The fourth-order valence-corrected chi connectivity index (χ4v) is 2.78. The van der Waals surface area contributed by atoms with Crippen LogP contribution in [0.5, 0.6) is 0 Å². The zero-order valence-corrected chi connectivity index (χ0v) is 16.4. The van der Waals surface area contributed by atoms with Gasteiger partial charge in [0.25, 0.3) is 5.91 Å². The highest BCUT2D eigenvalue weighted by Gasteiger charge is 2.26. The van der Waals surface area contributed by atoms with Crippen LogP contribution in [0.4, 0.5) is 5.82 Å². The number of aromatic nitrogens is 1. The van der Waals surface area contributed by atoms with Gasteiger partial charge in [-0.2, -0.15) is 0 Å². The molecule has 144 valence electrons. The maximum Gasteiger partial charge on any atom is 0.251 e. The summed E-state index contributed by atoms with van der Waals surface area (Å²) in [6.07, 6.45) is 2.51. The third-order valence-electron chi connectivity index (χ3n) is 4.56. The highest BCUT2D eigenvalue weighted by atomic mass is 16.2. The summed E-state index contributed by atoms with van der Waals surface area (Å²) in [6.45, 7) is 4.32. The van der Waals surface area contributed by atoms with Gasteiger partial charge in [0, 0.05) is 38.0 Å². The Kier molecular flexibility index (Phi) is 7.34. The predicted octanol–water partition coefficient (Wildman–Crippen LogP) is 2.61. The molecule has 2 rings (SSSR count). The van der Waals surface area contributed by atoms with Crippen molar-refractivity contribution in [3.8, 4) is 0 Å².